The first kappa shape index (κ1) is 21.9. The van der Waals surface area contributed by atoms with Crippen molar-refractivity contribution in [2.24, 2.45) is 0 Å². The molecule has 1 aromatic heterocycles. The fourth-order valence-corrected chi connectivity index (χ4v) is 4.79. The first-order valence-electron chi connectivity index (χ1n) is 10.5. The number of nitrogens with one attached hydrogen (secondary N) is 1. The van der Waals surface area contributed by atoms with Crippen LogP contribution in [0.15, 0.2) is 59.7 Å². The monoisotopic (exact) mass is 449 g/mol. The molecule has 6 nitrogen and oxygen atoms in total. The summed E-state index contributed by atoms with van der Waals surface area (Å²) in [6, 6.07) is 16.1. The van der Waals surface area contributed by atoms with Crippen molar-refractivity contribution in [1.29, 1.82) is 5.41 Å². The van der Waals surface area contributed by atoms with Gasteiger partial charge < -0.3 is 19.5 Å². The standard InChI is InChI=1S/C25H27N3O3S/c1-16(9-10-17-7-5-4-6-8-17)28-14-20(29)23(24(28)26)25-27-19(15-32-25)18-11-12-21(30-2)22(13-18)31-3/h4-8,11-13,15-16,26,29H,9-10,14H2,1-3H3/t16-/m0/s1. The van der Waals surface area contributed by atoms with Crippen LogP contribution in [0.25, 0.3) is 16.8 Å². The van der Waals surface area contributed by atoms with E-state index < -0.39 is 0 Å². The highest BCUT2D eigenvalue weighted by Crippen LogP contribution is 2.36. The molecule has 0 radical (unpaired) electrons. The van der Waals surface area contributed by atoms with E-state index in [1.54, 1.807) is 14.2 Å². The molecule has 32 heavy (non-hydrogen) atoms. The van der Waals surface area contributed by atoms with Crippen molar-refractivity contribution < 1.29 is 14.6 Å². The van der Waals surface area contributed by atoms with Gasteiger partial charge in [0.1, 0.15) is 16.6 Å². The highest BCUT2D eigenvalue weighted by molar-refractivity contribution is 7.11. The Labute approximate surface area is 192 Å². The molecule has 0 spiro atoms. The molecule has 2 heterocycles. The van der Waals surface area contributed by atoms with Gasteiger partial charge in [0.25, 0.3) is 0 Å². The van der Waals surface area contributed by atoms with Crippen LogP contribution < -0.4 is 9.47 Å². The molecule has 0 aliphatic carbocycles. The summed E-state index contributed by atoms with van der Waals surface area (Å²) in [4.78, 5) is 6.67. The number of aryl methyl sites for hydroxylation is 1. The van der Waals surface area contributed by atoms with Crippen LogP contribution in [0.1, 0.15) is 23.9 Å². The van der Waals surface area contributed by atoms with Crippen molar-refractivity contribution in [3.63, 3.8) is 0 Å². The van der Waals surface area contributed by atoms with Crippen molar-refractivity contribution in [3.05, 3.63) is 70.2 Å². The molecule has 0 bridgehead atoms. The topological polar surface area (TPSA) is 78.7 Å². The van der Waals surface area contributed by atoms with Gasteiger partial charge in [0, 0.05) is 17.0 Å². The number of aromatic nitrogens is 1. The van der Waals surface area contributed by atoms with Crippen LogP contribution in [0.3, 0.4) is 0 Å². The minimum Gasteiger partial charge on any atom is -0.510 e. The van der Waals surface area contributed by atoms with Crippen LogP contribution in [0, 0.1) is 5.41 Å². The van der Waals surface area contributed by atoms with Gasteiger partial charge in [0.05, 0.1) is 32.0 Å². The molecule has 0 unspecified atom stereocenters. The third-order valence-corrected chi connectivity index (χ3v) is 6.62. The number of thiazole rings is 1. The lowest BCUT2D eigenvalue weighted by Gasteiger charge is -2.26. The fraction of sp³-hybridized carbons (Fsp3) is 0.280. The van der Waals surface area contributed by atoms with E-state index in [2.05, 4.69) is 19.1 Å². The lowest BCUT2D eigenvalue weighted by molar-refractivity contribution is 0.296. The molecular formula is C25H27N3O3S. The molecule has 0 fully saturated rings. The maximum atomic E-state index is 10.7. The zero-order valence-electron chi connectivity index (χ0n) is 18.5. The van der Waals surface area contributed by atoms with Crippen molar-refractivity contribution in [2.75, 3.05) is 20.8 Å². The van der Waals surface area contributed by atoms with Crippen molar-refractivity contribution >= 4 is 22.7 Å². The lowest BCUT2D eigenvalue weighted by atomic mass is 10.1. The number of hydrogen-bond donors (Lipinski definition) is 2. The van der Waals surface area contributed by atoms with Gasteiger partial charge in [0.15, 0.2) is 11.5 Å². The number of methoxy groups -OCH3 is 2. The molecule has 1 aliphatic rings. The Morgan fingerprint density at radius 2 is 1.88 bits per heavy atom. The van der Waals surface area contributed by atoms with Gasteiger partial charge >= 0.3 is 0 Å². The fourth-order valence-electron chi connectivity index (χ4n) is 3.89. The van der Waals surface area contributed by atoms with E-state index >= 15 is 0 Å². The van der Waals surface area contributed by atoms with Crippen LogP contribution in [-0.4, -0.2) is 47.6 Å². The molecule has 2 aromatic carbocycles. The minimum absolute atomic E-state index is 0.132. The first-order chi connectivity index (χ1) is 15.5. The average Bonchev–Trinajstić information content (AvgIpc) is 3.41. The van der Waals surface area contributed by atoms with Crippen LogP contribution in [0.5, 0.6) is 11.5 Å². The lowest BCUT2D eigenvalue weighted by Crippen LogP contribution is -2.35. The second-order valence-corrected chi connectivity index (χ2v) is 8.64. The van der Waals surface area contributed by atoms with Gasteiger partial charge in [-0.15, -0.1) is 11.3 Å². The maximum absolute atomic E-state index is 10.7. The number of hydrogen-bond acceptors (Lipinski definition) is 6. The Hall–Kier alpha value is -3.32. The quantitative estimate of drug-likeness (QED) is 0.481. The summed E-state index contributed by atoms with van der Waals surface area (Å²) in [5, 5.41) is 22.0. The summed E-state index contributed by atoms with van der Waals surface area (Å²) >= 11 is 1.43. The number of benzene rings is 2. The number of ether oxygens (including phenoxy) is 2. The van der Waals surface area contributed by atoms with E-state index in [4.69, 9.17) is 19.9 Å². The zero-order valence-corrected chi connectivity index (χ0v) is 19.3. The average molecular weight is 450 g/mol. The molecule has 4 rings (SSSR count). The Morgan fingerprint density at radius 1 is 1.12 bits per heavy atom. The van der Waals surface area contributed by atoms with Gasteiger partial charge in [0.2, 0.25) is 0 Å². The highest BCUT2D eigenvalue weighted by Gasteiger charge is 2.32. The minimum atomic E-state index is 0.132. The largest absolute Gasteiger partial charge is 0.510 e. The van der Waals surface area contributed by atoms with E-state index in [0.29, 0.717) is 34.5 Å². The first-order valence-corrected chi connectivity index (χ1v) is 11.4. The number of amidine groups is 1. The number of aliphatic hydroxyl groups is 1. The van der Waals surface area contributed by atoms with Gasteiger partial charge in [-0.05, 0) is 43.5 Å². The maximum Gasteiger partial charge on any atom is 0.161 e. The second-order valence-electron chi connectivity index (χ2n) is 7.78. The van der Waals surface area contributed by atoms with E-state index in [0.717, 1.165) is 24.1 Å². The predicted molar refractivity (Wildman–Crippen MR) is 129 cm³/mol. The predicted octanol–water partition coefficient (Wildman–Crippen LogP) is 5.41. The Balaban J connectivity index is 1.49. The Morgan fingerprint density at radius 3 is 2.59 bits per heavy atom. The summed E-state index contributed by atoms with van der Waals surface area (Å²) in [5.41, 5.74) is 3.47. The van der Waals surface area contributed by atoms with Crippen LogP contribution in [0.4, 0.5) is 0 Å². The molecule has 1 aliphatic heterocycles. The van der Waals surface area contributed by atoms with Gasteiger partial charge in [-0.3, -0.25) is 5.41 Å². The van der Waals surface area contributed by atoms with Crippen molar-refractivity contribution in [1.82, 2.24) is 9.88 Å². The van der Waals surface area contributed by atoms with Gasteiger partial charge in [-0.25, -0.2) is 4.98 Å². The zero-order chi connectivity index (χ0) is 22.7. The van der Waals surface area contributed by atoms with Crippen LogP contribution in [-0.2, 0) is 6.42 Å². The second kappa shape index (κ2) is 9.44. The molecule has 7 heteroatoms. The molecule has 0 amide bonds. The number of aliphatic hydroxyl groups excluding tert-OH is 1. The van der Waals surface area contributed by atoms with Gasteiger partial charge in [-0.1, -0.05) is 30.3 Å². The summed E-state index contributed by atoms with van der Waals surface area (Å²) in [7, 11) is 3.20. The van der Waals surface area contributed by atoms with Crippen LogP contribution >= 0.6 is 11.3 Å². The van der Waals surface area contributed by atoms with Crippen LogP contribution in [0.2, 0.25) is 0 Å². The SMILES string of the molecule is COc1ccc(-c2csc(C3=C(O)CN([C@@H](C)CCc4ccccc4)C3=N)n2)cc1OC. The normalized spacial score (nSPS) is 14.7. The molecule has 1 atom stereocenters. The van der Waals surface area contributed by atoms with E-state index in [-0.39, 0.29) is 11.8 Å². The van der Waals surface area contributed by atoms with Crippen molar-refractivity contribution in [2.45, 2.75) is 25.8 Å². The summed E-state index contributed by atoms with van der Waals surface area (Å²) in [6.07, 6.45) is 1.84. The van der Waals surface area contributed by atoms with E-state index in [1.807, 2.05) is 46.7 Å². The molecule has 0 saturated carbocycles. The summed E-state index contributed by atoms with van der Waals surface area (Å²) in [5.74, 6) is 1.82. The summed E-state index contributed by atoms with van der Waals surface area (Å²) in [6.45, 7) is 2.44. The molecule has 3 aromatic rings. The van der Waals surface area contributed by atoms with Gasteiger partial charge in [-0.2, -0.15) is 0 Å². The number of nitrogens with zero attached hydrogens (tertiary/aromatic N) is 2. The molecule has 166 valence electrons. The molecule has 0 saturated heterocycles. The van der Waals surface area contributed by atoms with E-state index in [9.17, 15) is 5.11 Å². The van der Waals surface area contributed by atoms with Crippen molar-refractivity contribution in [3.8, 4) is 22.8 Å². The highest BCUT2D eigenvalue weighted by atomic mass is 32.1. The third-order valence-electron chi connectivity index (χ3n) is 5.76. The third kappa shape index (κ3) is 4.34. The molecule has 2 N–H and O–H groups in total. The van der Waals surface area contributed by atoms with E-state index in [1.165, 1.54) is 16.9 Å². The number of rotatable bonds is 8. The summed E-state index contributed by atoms with van der Waals surface area (Å²) < 4.78 is 10.7. The Kier molecular flexibility index (Phi) is 6.46. The molecular weight excluding hydrogens is 422 g/mol. The smallest absolute Gasteiger partial charge is 0.161 e. The Bertz CT molecular complexity index is 1140.